The Morgan fingerprint density at radius 3 is 2.79 bits per heavy atom. The second kappa shape index (κ2) is 7.34. The van der Waals surface area contributed by atoms with Crippen LogP contribution in [0.1, 0.15) is 48.9 Å². The highest BCUT2D eigenvalue weighted by atomic mass is 79.9. The average molecular weight is 342 g/mol. The molecule has 1 aliphatic rings. The second-order valence-corrected chi connectivity index (χ2v) is 6.61. The van der Waals surface area contributed by atoms with Crippen LogP contribution in [-0.4, -0.2) is 12.5 Å². The predicted octanol–water partition coefficient (Wildman–Crippen LogP) is 4.44. The van der Waals surface area contributed by atoms with Gasteiger partial charge in [0.05, 0.1) is 5.56 Å². The van der Waals surface area contributed by atoms with E-state index in [0.29, 0.717) is 10.5 Å². The molecule has 0 saturated heterocycles. The van der Waals surface area contributed by atoms with E-state index in [9.17, 15) is 4.79 Å². The molecular weight excluding hydrogens is 322 g/mol. The van der Waals surface area contributed by atoms with E-state index in [2.05, 4.69) is 33.9 Å². The Labute approximate surface area is 128 Å². The van der Waals surface area contributed by atoms with E-state index < -0.39 is 0 Å². The molecule has 1 fully saturated rings. The molecule has 0 spiro atoms. The Hall–Kier alpha value is -0.480. The van der Waals surface area contributed by atoms with Crippen LogP contribution >= 0.6 is 28.6 Å². The van der Waals surface area contributed by atoms with Crippen molar-refractivity contribution < 1.29 is 4.79 Å². The standard InChI is InChI=1S/C15H20BrNOS/c16-12-7-8-13(14(19)10-12)15(18)17-9-3-6-11-4-1-2-5-11/h7-8,10-11,19H,1-6,9H2,(H,17,18). The normalized spacial score (nSPS) is 15.7. The molecule has 0 unspecified atom stereocenters. The van der Waals surface area contributed by atoms with Crippen molar-refractivity contribution in [1.82, 2.24) is 5.32 Å². The fourth-order valence-electron chi connectivity index (χ4n) is 2.68. The van der Waals surface area contributed by atoms with Gasteiger partial charge in [-0.1, -0.05) is 41.6 Å². The maximum atomic E-state index is 12.0. The third kappa shape index (κ3) is 4.53. The van der Waals surface area contributed by atoms with Crippen LogP contribution < -0.4 is 5.32 Å². The molecule has 1 saturated carbocycles. The lowest BCUT2D eigenvalue weighted by Crippen LogP contribution is -2.25. The first-order valence-corrected chi connectivity index (χ1v) is 8.17. The molecule has 0 bridgehead atoms. The van der Waals surface area contributed by atoms with Crippen LogP contribution in [0.5, 0.6) is 0 Å². The van der Waals surface area contributed by atoms with Crippen molar-refractivity contribution >= 4 is 34.5 Å². The van der Waals surface area contributed by atoms with Gasteiger partial charge in [-0.2, -0.15) is 0 Å². The number of halogens is 1. The van der Waals surface area contributed by atoms with Gasteiger partial charge in [-0.05, 0) is 37.0 Å². The summed E-state index contributed by atoms with van der Waals surface area (Å²) in [7, 11) is 0. The lowest BCUT2D eigenvalue weighted by atomic mass is 10.0. The molecule has 0 atom stereocenters. The molecule has 1 aliphatic carbocycles. The Morgan fingerprint density at radius 1 is 1.37 bits per heavy atom. The molecule has 1 N–H and O–H groups in total. The Balaban J connectivity index is 1.74. The van der Waals surface area contributed by atoms with Crippen molar-refractivity contribution in [2.45, 2.75) is 43.4 Å². The lowest BCUT2D eigenvalue weighted by molar-refractivity contribution is 0.0949. The van der Waals surface area contributed by atoms with E-state index in [0.717, 1.165) is 23.4 Å². The van der Waals surface area contributed by atoms with Crippen LogP contribution in [0.25, 0.3) is 0 Å². The number of benzene rings is 1. The van der Waals surface area contributed by atoms with Gasteiger partial charge in [-0.25, -0.2) is 0 Å². The van der Waals surface area contributed by atoms with Gasteiger partial charge in [0.15, 0.2) is 0 Å². The minimum absolute atomic E-state index is 0.0241. The van der Waals surface area contributed by atoms with Crippen molar-refractivity contribution in [3.63, 3.8) is 0 Å². The third-order valence-electron chi connectivity index (χ3n) is 3.75. The SMILES string of the molecule is O=C(NCCCC1CCCC1)c1ccc(Br)cc1S. The summed E-state index contributed by atoms with van der Waals surface area (Å²) < 4.78 is 0.940. The molecule has 2 rings (SSSR count). The number of carbonyl (C=O) groups excluding carboxylic acids is 1. The molecule has 0 aliphatic heterocycles. The minimum atomic E-state index is -0.0241. The summed E-state index contributed by atoms with van der Waals surface area (Å²) in [5.41, 5.74) is 0.646. The zero-order valence-corrected chi connectivity index (χ0v) is 13.5. The quantitative estimate of drug-likeness (QED) is 0.601. The molecule has 104 valence electrons. The Morgan fingerprint density at radius 2 is 2.11 bits per heavy atom. The first-order valence-electron chi connectivity index (χ1n) is 6.93. The number of hydrogen-bond donors (Lipinski definition) is 2. The fraction of sp³-hybridized carbons (Fsp3) is 0.533. The molecule has 1 amide bonds. The van der Waals surface area contributed by atoms with E-state index >= 15 is 0 Å². The monoisotopic (exact) mass is 341 g/mol. The summed E-state index contributed by atoms with van der Waals surface area (Å²) in [4.78, 5) is 12.7. The third-order valence-corrected chi connectivity index (χ3v) is 4.62. The zero-order chi connectivity index (χ0) is 13.7. The predicted molar refractivity (Wildman–Crippen MR) is 84.9 cm³/mol. The highest BCUT2D eigenvalue weighted by Gasteiger charge is 2.14. The van der Waals surface area contributed by atoms with Gasteiger partial charge in [0.25, 0.3) is 5.91 Å². The van der Waals surface area contributed by atoms with Crippen LogP contribution in [0.3, 0.4) is 0 Å². The van der Waals surface area contributed by atoms with Crippen molar-refractivity contribution in [3.05, 3.63) is 28.2 Å². The van der Waals surface area contributed by atoms with E-state index in [-0.39, 0.29) is 5.91 Å². The molecule has 0 heterocycles. The van der Waals surface area contributed by atoms with Gasteiger partial charge in [0.2, 0.25) is 0 Å². The van der Waals surface area contributed by atoms with Gasteiger partial charge in [-0.15, -0.1) is 12.6 Å². The second-order valence-electron chi connectivity index (χ2n) is 5.21. The Bertz CT molecular complexity index is 444. The molecule has 0 aromatic heterocycles. The number of hydrogen-bond acceptors (Lipinski definition) is 2. The van der Waals surface area contributed by atoms with Gasteiger partial charge in [0.1, 0.15) is 0 Å². The summed E-state index contributed by atoms with van der Waals surface area (Å²) in [6.07, 6.45) is 7.85. The maximum absolute atomic E-state index is 12.0. The topological polar surface area (TPSA) is 29.1 Å². The zero-order valence-electron chi connectivity index (χ0n) is 11.0. The van der Waals surface area contributed by atoms with E-state index in [1.807, 2.05) is 12.1 Å². The molecule has 4 heteroatoms. The Kier molecular flexibility index (Phi) is 5.76. The van der Waals surface area contributed by atoms with E-state index in [4.69, 9.17) is 0 Å². The molecule has 2 nitrogen and oxygen atoms in total. The van der Waals surface area contributed by atoms with Crippen LogP contribution in [-0.2, 0) is 0 Å². The van der Waals surface area contributed by atoms with Gasteiger partial charge in [0, 0.05) is 15.9 Å². The summed E-state index contributed by atoms with van der Waals surface area (Å²) in [6, 6.07) is 5.52. The maximum Gasteiger partial charge on any atom is 0.252 e. The number of amides is 1. The lowest BCUT2D eigenvalue weighted by Gasteiger charge is -2.10. The van der Waals surface area contributed by atoms with Crippen molar-refractivity contribution in [2.24, 2.45) is 5.92 Å². The first kappa shape index (κ1) is 14.9. The van der Waals surface area contributed by atoms with Crippen LogP contribution in [0.15, 0.2) is 27.6 Å². The van der Waals surface area contributed by atoms with Crippen LogP contribution in [0.2, 0.25) is 0 Å². The number of thiol groups is 1. The van der Waals surface area contributed by atoms with E-state index in [1.165, 1.54) is 32.1 Å². The molecule has 0 radical (unpaired) electrons. The molecular formula is C15H20BrNOS. The summed E-state index contributed by atoms with van der Waals surface area (Å²) in [6.45, 7) is 0.763. The van der Waals surface area contributed by atoms with Gasteiger partial charge in [-0.3, -0.25) is 4.79 Å². The number of nitrogens with one attached hydrogen (secondary N) is 1. The largest absolute Gasteiger partial charge is 0.352 e. The summed E-state index contributed by atoms with van der Waals surface area (Å²) in [5.74, 6) is 0.869. The van der Waals surface area contributed by atoms with Crippen LogP contribution in [0.4, 0.5) is 0 Å². The molecule has 1 aromatic rings. The molecule has 1 aromatic carbocycles. The van der Waals surface area contributed by atoms with Crippen molar-refractivity contribution in [1.29, 1.82) is 0 Å². The highest BCUT2D eigenvalue weighted by Crippen LogP contribution is 2.28. The van der Waals surface area contributed by atoms with Crippen molar-refractivity contribution in [3.8, 4) is 0 Å². The smallest absolute Gasteiger partial charge is 0.252 e. The highest BCUT2D eigenvalue weighted by molar-refractivity contribution is 9.10. The fourth-order valence-corrected chi connectivity index (χ4v) is 3.54. The first-order chi connectivity index (χ1) is 9.16. The minimum Gasteiger partial charge on any atom is -0.352 e. The average Bonchev–Trinajstić information content (AvgIpc) is 2.87. The summed E-state index contributed by atoms with van der Waals surface area (Å²) >= 11 is 7.70. The number of rotatable bonds is 5. The van der Waals surface area contributed by atoms with Gasteiger partial charge < -0.3 is 5.32 Å². The van der Waals surface area contributed by atoms with Crippen LogP contribution in [0, 0.1) is 5.92 Å². The number of carbonyl (C=O) groups is 1. The summed E-state index contributed by atoms with van der Waals surface area (Å²) in [5, 5.41) is 2.98. The van der Waals surface area contributed by atoms with E-state index in [1.54, 1.807) is 6.07 Å². The van der Waals surface area contributed by atoms with Gasteiger partial charge >= 0.3 is 0 Å². The van der Waals surface area contributed by atoms with Crippen molar-refractivity contribution in [2.75, 3.05) is 6.54 Å². The molecule has 19 heavy (non-hydrogen) atoms.